The maximum atomic E-state index is 6.05. The number of rotatable bonds is 2. The Labute approximate surface area is 198 Å². The maximum Gasteiger partial charge on any atom is 0.132 e. The number of fused-ring (bicyclic) bond motifs is 8. The lowest BCUT2D eigenvalue weighted by molar-refractivity contribution is 0.298. The van der Waals surface area contributed by atoms with Gasteiger partial charge in [-0.05, 0) is 65.4 Å². The van der Waals surface area contributed by atoms with E-state index in [1.807, 2.05) is 6.92 Å². The minimum absolute atomic E-state index is 0.404. The Balaban J connectivity index is 1.29. The van der Waals surface area contributed by atoms with Gasteiger partial charge in [-0.25, -0.2) is 9.97 Å². The molecule has 0 atom stereocenters. The summed E-state index contributed by atoms with van der Waals surface area (Å²) in [7, 11) is 0. The Bertz CT molecular complexity index is 1600. The molecule has 2 aromatic heterocycles. The molecular formula is C29H26N4O. The summed E-state index contributed by atoms with van der Waals surface area (Å²) in [4.78, 5) is 16.4. The van der Waals surface area contributed by atoms with E-state index in [4.69, 9.17) is 9.72 Å². The van der Waals surface area contributed by atoms with Crippen molar-refractivity contribution >= 4 is 10.8 Å². The van der Waals surface area contributed by atoms with Crippen LogP contribution in [0.1, 0.15) is 48.4 Å². The molecule has 1 aliphatic carbocycles. The molecule has 0 spiro atoms. The van der Waals surface area contributed by atoms with Crippen molar-refractivity contribution in [3.63, 3.8) is 0 Å². The Hall–Kier alpha value is -3.86. The molecule has 168 valence electrons. The van der Waals surface area contributed by atoms with Gasteiger partial charge in [0.05, 0.1) is 11.4 Å². The SMILES string of the molecule is Cc1nc2c([nH]1)-c1ccc(-c3ccc4c5c(ccc4c3)-c3nc(C(C)C)[nH]c3CC5)cc1OC2. The average molecular weight is 447 g/mol. The quantitative estimate of drug-likeness (QED) is 0.317. The minimum atomic E-state index is 0.404. The van der Waals surface area contributed by atoms with Crippen molar-refractivity contribution in [3.05, 3.63) is 77.1 Å². The fourth-order valence-corrected chi connectivity index (χ4v) is 5.46. The van der Waals surface area contributed by atoms with E-state index >= 15 is 0 Å². The Morgan fingerprint density at radius 3 is 2.59 bits per heavy atom. The molecule has 5 nitrogen and oxygen atoms in total. The van der Waals surface area contributed by atoms with Crippen LogP contribution >= 0.6 is 0 Å². The summed E-state index contributed by atoms with van der Waals surface area (Å²) in [5, 5.41) is 2.59. The van der Waals surface area contributed by atoms with Crippen LogP contribution in [0.4, 0.5) is 0 Å². The van der Waals surface area contributed by atoms with Crippen LogP contribution in [0.25, 0.3) is 44.4 Å². The van der Waals surface area contributed by atoms with Gasteiger partial charge in [-0.3, -0.25) is 0 Å². The van der Waals surface area contributed by atoms with Gasteiger partial charge < -0.3 is 14.7 Å². The molecule has 5 heteroatoms. The van der Waals surface area contributed by atoms with Gasteiger partial charge >= 0.3 is 0 Å². The summed E-state index contributed by atoms with van der Waals surface area (Å²) in [5.74, 6) is 3.32. The first-order valence-electron chi connectivity index (χ1n) is 12.0. The molecule has 0 radical (unpaired) electrons. The van der Waals surface area contributed by atoms with Crippen molar-refractivity contribution in [1.29, 1.82) is 0 Å². The first-order valence-corrected chi connectivity index (χ1v) is 12.0. The number of imidazole rings is 2. The highest BCUT2D eigenvalue weighted by Gasteiger charge is 2.24. The number of hydrogen-bond donors (Lipinski definition) is 2. The molecule has 7 rings (SSSR count). The molecule has 5 aromatic rings. The van der Waals surface area contributed by atoms with Gasteiger partial charge in [0.15, 0.2) is 0 Å². The molecule has 0 saturated heterocycles. The summed E-state index contributed by atoms with van der Waals surface area (Å²) in [6, 6.07) is 17.8. The summed E-state index contributed by atoms with van der Waals surface area (Å²) >= 11 is 0. The smallest absolute Gasteiger partial charge is 0.132 e. The normalized spacial score (nSPS) is 13.9. The van der Waals surface area contributed by atoms with Crippen molar-refractivity contribution in [2.45, 2.75) is 46.1 Å². The minimum Gasteiger partial charge on any atom is -0.486 e. The van der Waals surface area contributed by atoms with Gasteiger partial charge in [0.1, 0.15) is 29.7 Å². The fourth-order valence-electron chi connectivity index (χ4n) is 5.46. The van der Waals surface area contributed by atoms with Crippen molar-refractivity contribution in [1.82, 2.24) is 19.9 Å². The number of ether oxygens (including phenoxy) is 1. The average Bonchev–Trinajstić information content (AvgIpc) is 3.46. The predicted octanol–water partition coefficient (Wildman–Crippen LogP) is 6.71. The molecule has 0 fully saturated rings. The molecule has 0 bridgehead atoms. The van der Waals surface area contributed by atoms with Crippen molar-refractivity contribution < 1.29 is 4.74 Å². The van der Waals surface area contributed by atoms with Gasteiger partial charge in [0.25, 0.3) is 0 Å². The van der Waals surface area contributed by atoms with E-state index in [1.165, 1.54) is 33.2 Å². The van der Waals surface area contributed by atoms with E-state index in [2.05, 4.69) is 77.3 Å². The molecule has 2 N–H and O–H groups in total. The van der Waals surface area contributed by atoms with Crippen LogP contribution in [0.2, 0.25) is 0 Å². The lowest BCUT2D eigenvalue weighted by Gasteiger charge is -2.19. The van der Waals surface area contributed by atoms with Crippen LogP contribution in [0.5, 0.6) is 5.75 Å². The van der Waals surface area contributed by atoms with Gasteiger partial charge in [-0.1, -0.05) is 44.2 Å². The highest BCUT2D eigenvalue weighted by atomic mass is 16.5. The molecule has 0 unspecified atom stereocenters. The monoisotopic (exact) mass is 446 g/mol. The molecule has 34 heavy (non-hydrogen) atoms. The Kier molecular flexibility index (Phi) is 4.07. The lowest BCUT2D eigenvalue weighted by atomic mass is 9.87. The van der Waals surface area contributed by atoms with Crippen molar-refractivity contribution in [2.24, 2.45) is 0 Å². The maximum absolute atomic E-state index is 6.05. The number of hydrogen-bond acceptors (Lipinski definition) is 3. The zero-order valence-electron chi connectivity index (χ0n) is 19.6. The Morgan fingerprint density at radius 2 is 1.71 bits per heavy atom. The molecular weight excluding hydrogens is 420 g/mol. The number of benzene rings is 3. The van der Waals surface area contributed by atoms with Crippen molar-refractivity contribution in [2.75, 3.05) is 0 Å². The number of nitrogens with one attached hydrogen (secondary N) is 2. The highest BCUT2D eigenvalue weighted by molar-refractivity contribution is 5.95. The third kappa shape index (κ3) is 2.86. The lowest BCUT2D eigenvalue weighted by Crippen LogP contribution is -2.05. The van der Waals surface area contributed by atoms with E-state index < -0.39 is 0 Å². The summed E-state index contributed by atoms with van der Waals surface area (Å²) in [6.07, 6.45) is 2.05. The van der Waals surface area contributed by atoms with Gasteiger partial charge in [-0.2, -0.15) is 0 Å². The van der Waals surface area contributed by atoms with Crippen molar-refractivity contribution in [3.8, 4) is 39.4 Å². The second kappa shape index (κ2) is 7.07. The van der Waals surface area contributed by atoms with Crippen LogP contribution in [0, 0.1) is 6.92 Å². The molecule has 3 heterocycles. The number of nitrogens with zero attached hydrogens (tertiary/aromatic N) is 2. The van der Waals surface area contributed by atoms with E-state index in [0.717, 1.165) is 58.4 Å². The second-order valence-electron chi connectivity index (χ2n) is 9.78. The first kappa shape index (κ1) is 19.6. The van der Waals surface area contributed by atoms with Crippen LogP contribution < -0.4 is 4.74 Å². The zero-order valence-corrected chi connectivity index (χ0v) is 19.6. The van der Waals surface area contributed by atoms with E-state index in [9.17, 15) is 0 Å². The number of aromatic nitrogens is 4. The number of aromatic amines is 2. The van der Waals surface area contributed by atoms with Gasteiger partial charge in [0, 0.05) is 22.7 Å². The molecule has 3 aromatic carbocycles. The van der Waals surface area contributed by atoms with E-state index in [1.54, 1.807) is 0 Å². The third-order valence-corrected chi connectivity index (χ3v) is 7.20. The van der Waals surface area contributed by atoms with Gasteiger partial charge in [-0.15, -0.1) is 0 Å². The van der Waals surface area contributed by atoms with Crippen LogP contribution in [0.3, 0.4) is 0 Å². The molecule has 0 saturated carbocycles. The molecule has 0 amide bonds. The summed E-state index contributed by atoms with van der Waals surface area (Å²) < 4.78 is 6.05. The summed E-state index contributed by atoms with van der Waals surface area (Å²) in [6.45, 7) is 6.87. The second-order valence-corrected chi connectivity index (χ2v) is 9.78. The van der Waals surface area contributed by atoms with Gasteiger partial charge in [0.2, 0.25) is 0 Å². The van der Waals surface area contributed by atoms with Crippen LogP contribution in [-0.4, -0.2) is 19.9 Å². The van der Waals surface area contributed by atoms with E-state index in [0.29, 0.717) is 12.5 Å². The molecule has 2 aliphatic rings. The van der Waals surface area contributed by atoms with Crippen LogP contribution in [-0.2, 0) is 19.4 Å². The van der Waals surface area contributed by atoms with E-state index in [-0.39, 0.29) is 0 Å². The largest absolute Gasteiger partial charge is 0.486 e. The Morgan fingerprint density at radius 1 is 0.882 bits per heavy atom. The first-order chi connectivity index (χ1) is 16.5. The highest BCUT2D eigenvalue weighted by Crippen LogP contribution is 2.41. The standard InChI is InChI=1S/C29H26N4O/c1-15(2)29-32-24-11-10-21-20-7-4-17(12-19(20)6-8-22(21)27(24)33-29)18-5-9-23-26(13-18)34-14-25-28(23)31-16(3)30-25/h4-9,12-13,15H,10-11,14H2,1-3H3,(H,30,31)(H,32,33). The predicted molar refractivity (Wildman–Crippen MR) is 135 cm³/mol. The molecule has 1 aliphatic heterocycles. The fraction of sp³-hybridized carbons (Fsp3) is 0.241. The topological polar surface area (TPSA) is 66.6 Å². The summed E-state index contributed by atoms with van der Waals surface area (Å²) in [5.41, 5.74) is 10.6. The third-order valence-electron chi connectivity index (χ3n) is 7.20. The number of aryl methyl sites for hydroxylation is 3. The zero-order chi connectivity index (χ0) is 23.0. The van der Waals surface area contributed by atoms with Crippen LogP contribution in [0.15, 0.2) is 48.5 Å². The number of H-pyrrole nitrogens is 2.